The number of nitrogens with one attached hydrogen (secondary N) is 1. The molecular weight excluding hydrogens is 452 g/mol. The minimum atomic E-state index is -1.00. The number of hydrogen-bond acceptors (Lipinski definition) is 3. The number of hydrogen-bond donors (Lipinski definition) is 1. The van der Waals surface area contributed by atoms with Crippen LogP contribution >= 0.6 is 0 Å². The van der Waals surface area contributed by atoms with Crippen molar-refractivity contribution in [1.82, 2.24) is 19.4 Å². The first-order valence-electron chi connectivity index (χ1n) is 13.5. The maximum Gasteiger partial charge on any atom is 0.273 e. The number of carbonyl (C=O) groups excluding carboxylic acids is 2. The minimum Gasteiger partial charge on any atom is -0.376 e. The quantitative estimate of drug-likeness (QED) is 0.572. The lowest BCUT2D eigenvalue weighted by atomic mass is 9.91. The predicted octanol–water partition coefficient (Wildman–Crippen LogP) is 4.58. The van der Waals surface area contributed by atoms with E-state index in [4.69, 9.17) is 4.74 Å². The third-order valence-corrected chi connectivity index (χ3v) is 8.40. The van der Waals surface area contributed by atoms with Gasteiger partial charge in [0.1, 0.15) is 11.2 Å². The summed E-state index contributed by atoms with van der Waals surface area (Å²) in [6.45, 7) is 5.57. The van der Waals surface area contributed by atoms with Gasteiger partial charge < -0.3 is 24.1 Å². The second kappa shape index (κ2) is 9.11. The monoisotopic (exact) mass is 488 g/mol. The molecule has 1 N–H and O–H groups in total. The molecule has 4 heterocycles. The number of aromatic nitrogens is 2. The van der Waals surface area contributed by atoms with Crippen LogP contribution in [0.3, 0.4) is 0 Å². The zero-order chi connectivity index (χ0) is 24.9. The van der Waals surface area contributed by atoms with E-state index in [1.54, 1.807) is 0 Å². The first-order valence-corrected chi connectivity index (χ1v) is 13.5. The van der Waals surface area contributed by atoms with Crippen molar-refractivity contribution in [3.8, 4) is 5.69 Å². The summed E-state index contributed by atoms with van der Waals surface area (Å²) >= 11 is 0. The van der Waals surface area contributed by atoms with Crippen molar-refractivity contribution in [3.05, 3.63) is 54.0 Å². The van der Waals surface area contributed by atoms with Gasteiger partial charge in [0.15, 0.2) is 0 Å². The molecule has 190 valence electrons. The molecule has 2 aromatic heterocycles. The van der Waals surface area contributed by atoms with Gasteiger partial charge in [-0.2, -0.15) is 0 Å². The summed E-state index contributed by atoms with van der Waals surface area (Å²) in [4.78, 5) is 30.2. The maximum absolute atomic E-state index is 14.4. The summed E-state index contributed by atoms with van der Waals surface area (Å²) in [6.07, 6.45) is 11.4. The van der Waals surface area contributed by atoms with Gasteiger partial charge in [-0.15, -0.1) is 0 Å². The first kappa shape index (κ1) is 23.3. The molecule has 1 saturated carbocycles. The van der Waals surface area contributed by atoms with Crippen LogP contribution in [0.1, 0.15) is 67.9 Å². The summed E-state index contributed by atoms with van der Waals surface area (Å²) in [5, 5.41) is 4.37. The van der Waals surface area contributed by atoms with E-state index in [0.717, 1.165) is 60.7 Å². The van der Waals surface area contributed by atoms with Gasteiger partial charge in [-0.05, 0) is 63.8 Å². The Bertz CT molecular complexity index is 1280. The van der Waals surface area contributed by atoms with Crippen LogP contribution in [0.4, 0.5) is 0 Å². The van der Waals surface area contributed by atoms with Crippen LogP contribution in [-0.4, -0.2) is 56.7 Å². The molecule has 0 spiro atoms. The molecule has 36 heavy (non-hydrogen) atoms. The van der Waals surface area contributed by atoms with Crippen LogP contribution in [0.25, 0.3) is 16.6 Å². The zero-order valence-electron chi connectivity index (χ0n) is 21.3. The lowest BCUT2D eigenvalue weighted by molar-refractivity contribution is -0.134. The predicted molar refractivity (Wildman–Crippen MR) is 139 cm³/mol. The molecule has 3 aromatic rings. The van der Waals surface area contributed by atoms with Crippen LogP contribution in [0, 0.1) is 6.92 Å². The molecule has 1 saturated heterocycles. The van der Waals surface area contributed by atoms with Crippen LogP contribution in [0.15, 0.2) is 42.7 Å². The van der Waals surface area contributed by atoms with Gasteiger partial charge in [-0.3, -0.25) is 9.59 Å². The van der Waals surface area contributed by atoms with E-state index in [0.29, 0.717) is 25.4 Å². The van der Waals surface area contributed by atoms with Gasteiger partial charge in [0.25, 0.3) is 5.91 Å². The van der Waals surface area contributed by atoms with Gasteiger partial charge in [0.2, 0.25) is 5.91 Å². The number of rotatable bonds is 5. The SMILES string of the molecule is Cc1ccc2c(c1)c(-n1cccc1)c1n2CC(C)(C(=O)NC2CCCCC2)N(CC2CCCO2)C1=O. The molecule has 7 nitrogen and oxygen atoms in total. The van der Waals surface area contributed by atoms with Gasteiger partial charge in [-0.25, -0.2) is 0 Å². The normalized spacial score (nSPS) is 24.9. The number of ether oxygens (including phenoxy) is 1. The molecule has 1 aromatic carbocycles. The maximum atomic E-state index is 14.4. The van der Waals surface area contributed by atoms with E-state index in [-0.39, 0.29) is 24.0 Å². The van der Waals surface area contributed by atoms with E-state index in [9.17, 15) is 9.59 Å². The zero-order valence-corrected chi connectivity index (χ0v) is 21.3. The average molecular weight is 489 g/mol. The summed E-state index contributed by atoms with van der Waals surface area (Å²) in [7, 11) is 0. The second-order valence-corrected chi connectivity index (χ2v) is 11.0. The summed E-state index contributed by atoms with van der Waals surface area (Å²) in [5.74, 6) is -0.154. The Morgan fingerprint density at radius 2 is 1.89 bits per heavy atom. The fraction of sp³-hybridized carbons (Fsp3) is 0.517. The first-order chi connectivity index (χ1) is 17.5. The van der Waals surface area contributed by atoms with Gasteiger partial charge >= 0.3 is 0 Å². The van der Waals surface area contributed by atoms with Crippen molar-refractivity contribution in [2.24, 2.45) is 0 Å². The lowest BCUT2D eigenvalue weighted by Gasteiger charge is -2.45. The Morgan fingerprint density at radius 1 is 1.11 bits per heavy atom. The standard InChI is InChI=1S/C29H36N4O3/c1-20-12-13-24-23(17-20)25(31-14-6-7-15-31)26-27(34)33(18-22-11-8-16-36-22)29(2,19-32(24)26)28(35)30-21-9-4-3-5-10-21/h6-7,12-15,17,21-22H,3-5,8-11,16,18-19H2,1-2H3,(H,30,35). The highest BCUT2D eigenvalue weighted by Gasteiger charge is 2.50. The molecule has 2 fully saturated rings. The Hall–Kier alpha value is -3.06. The van der Waals surface area contributed by atoms with E-state index >= 15 is 0 Å². The van der Waals surface area contributed by atoms with E-state index in [2.05, 4.69) is 35.0 Å². The Labute approximate surface area is 212 Å². The summed E-state index contributed by atoms with van der Waals surface area (Å²) in [5.41, 5.74) is 2.66. The number of amides is 2. The summed E-state index contributed by atoms with van der Waals surface area (Å²) in [6, 6.07) is 10.5. The lowest BCUT2D eigenvalue weighted by Crippen LogP contribution is -2.66. The van der Waals surface area contributed by atoms with Crippen molar-refractivity contribution in [2.75, 3.05) is 13.2 Å². The molecule has 0 radical (unpaired) electrons. The van der Waals surface area contributed by atoms with Crippen molar-refractivity contribution in [1.29, 1.82) is 0 Å². The molecule has 2 amide bonds. The van der Waals surface area contributed by atoms with Crippen LogP contribution < -0.4 is 5.32 Å². The number of fused-ring (bicyclic) bond motifs is 3. The van der Waals surface area contributed by atoms with Crippen molar-refractivity contribution >= 4 is 22.7 Å². The van der Waals surface area contributed by atoms with E-state index in [1.807, 2.05) is 40.9 Å². The third kappa shape index (κ3) is 3.84. The Morgan fingerprint density at radius 3 is 2.61 bits per heavy atom. The van der Waals surface area contributed by atoms with E-state index < -0.39 is 5.54 Å². The smallest absolute Gasteiger partial charge is 0.273 e. The van der Waals surface area contributed by atoms with Crippen LogP contribution in [-0.2, 0) is 16.1 Å². The van der Waals surface area contributed by atoms with Gasteiger partial charge in [0.05, 0.1) is 23.9 Å². The number of benzene rings is 1. The molecule has 2 unspecified atom stereocenters. The molecule has 7 heteroatoms. The van der Waals surface area contributed by atoms with Crippen molar-refractivity contribution in [3.63, 3.8) is 0 Å². The average Bonchev–Trinajstić information content (AvgIpc) is 3.63. The van der Waals surface area contributed by atoms with E-state index in [1.165, 1.54) is 6.42 Å². The number of aryl methyl sites for hydroxylation is 1. The molecule has 6 rings (SSSR count). The fourth-order valence-corrected chi connectivity index (χ4v) is 6.38. The Kier molecular flexibility index (Phi) is 5.91. The molecule has 0 bridgehead atoms. The Balaban J connectivity index is 1.48. The second-order valence-electron chi connectivity index (χ2n) is 11.0. The fourth-order valence-electron chi connectivity index (χ4n) is 6.38. The molecular formula is C29H36N4O3. The number of carbonyl (C=O) groups is 2. The highest BCUT2D eigenvalue weighted by molar-refractivity contribution is 6.09. The van der Waals surface area contributed by atoms with Crippen LogP contribution in [0.2, 0.25) is 0 Å². The highest BCUT2D eigenvalue weighted by Crippen LogP contribution is 2.39. The highest BCUT2D eigenvalue weighted by atomic mass is 16.5. The van der Waals surface area contributed by atoms with Crippen molar-refractivity contribution < 1.29 is 14.3 Å². The molecule has 2 atom stereocenters. The molecule has 2 aliphatic heterocycles. The molecule has 1 aliphatic carbocycles. The largest absolute Gasteiger partial charge is 0.376 e. The topological polar surface area (TPSA) is 68.5 Å². The van der Waals surface area contributed by atoms with Gasteiger partial charge in [-0.1, -0.05) is 30.9 Å². The minimum absolute atomic E-state index is 0.0380. The van der Waals surface area contributed by atoms with Gasteiger partial charge in [0, 0.05) is 37.0 Å². The van der Waals surface area contributed by atoms with Crippen LogP contribution in [0.5, 0.6) is 0 Å². The summed E-state index contributed by atoms with van der Waals surface area (Å²) < 4.78 is 10.1. The molecule has 3 aliphatic rings. The third-order valence-electron chi connectivity index (χ3n) is 8.40. The van der Waals surface area contributed by atoms with Crippen molar-refractivity contribution in [2.45, 2.75) is 83.0 Å². The number of nitrogens with zero attached hydrogens (tertiary/aromatic N) is 3.